The van der Waals surface area contributed by atoms with Crippen molar-refractivity contribution in [3.8, 4) is 0 Å². The third kappa shape index (κ3) is 1.03. The van der Waals surface area contributed by atoms with Gasteiger partial charge < -0.3 is 10.8 Å². The van der Waals surface area contributed by atoms with Crippen molar-refractivity contribution in [2.24, 2.45) is 15.7 Å². The van der Waals surface area contributed by atoms with Gasteiger partial charge in [-0.25, -0.2) is 4.99 Å². The normalized spacial score (nSPS) is 30.5. The number of primary amides is 1. The number of aliphatic hydroxyl groups is 1. The zero-order chi connectivity index (χ0) is 7.61. The predicted octanol–water partition coefficient (Wildman–Crippen LogP) is -1.68. The van der Waals surface area contributed by atoms with Crippen molar-refractivity contribution < 1.29 is 9.90 Å². The van der Waals surface area contributed by atoms with Gasteiger partial charge in [0.05, 0.1) is 6.54 Å². The van der Waals surface area contributed by atoms with Crippen LogP contribution in [-0.4, -0.2) is 35.7 Å². The van der Waals surface area contributed by atoms with Crippen LogP contribution in [0.15, 0.2) is 9.98 Å². The molecule has 1 rings (SSSR count). The van der Waals surface area contributed by atoms with Gasteiger partial charge >= 0.3 is 0 Å². The number of rotatable bonds is 1. The Hall–Kier alpha value is -1.23. The lowest BCUT2D eigenvalue weighted by atomic mass is 10.1. The van der Waals surface area contributed by atoms with Crippen LogP contribution in [0.2, 0.25) is 0 Å². The first-order valence-electron chi connectivity index (χ1n) is 2.70. The summed E-state index contributed by atoms with van der Waals surface area (Å²) in [5.74, 6) is -0.826. The second-order valence-corrected chi connectivity index (χ2v) is 2.02. The molecular formula is C5H7N3O2. The Bertz CT molecular complexity index is 211. The molecule has 0 saturated carbocycles. The molecule has 0 spiro atoms. The summed E-state index contributed by atoms with van der Waals surface area (Å²) in [4.78, 5) is 17.5. The molecule has 10 heavy (non-hydrogen) atoms. The van der Waals surface area contributed by atoms with E-state index in [2.05, 4.69) is 9.98 Å². The van der Waals surface area contributed by atoms with Gasteiger partial charge in [-0.15, -0.1) is 0 Å². The number of aliphatic imine (C=N–C) groups is 2. The van der Waals surface area contributed by atoms with Gasteiger partial charge in [-0.05, 0) is 0 Å². The van der Waals surface area contributed by atoms with Gasteiger partial charge in [0.25, 0.3) is 5.91 Å². The van der Waals surface area contributed by atoms with Gasteiger partial charge in [-0.3, -0.25) is 9.79 Å². The van der Waals surface area contributed by atoms with Crippen molar-refractivity contribution in [1.82, 2.24) is 0 Å². The molecule has 1 unspecified atom stereocenters. The molecule has 5 nitrogen and oxygen atoms in total. The van der Waals surface area contributed by atoms with Crippen molar-refractivity contribution in [3.63, 3.8) is 0 Å². The fourth-order valence-electron chi connectivity index (χ4n) is 0.566. The third-order valence-corrected chi connectivity index (χ3v) is 1.20. The summed E-state index contributed by atoms with van der Waals surface area (Å²) in [5, 5.41) is 9.21. The van der Waals surface area contributed by atoms with Crippen molar-refractivity contribution in [2.45, 2.75) is 5.60 Å². The first-order chi connectivity index (χ1) is 4.65. The Morgan fingerprint density at radius 3 is 2.80 bits per heavy atom. The number of nitrogens with zero attached hydrogens (tertiary/aromatic N) is 2. The van der Waals surface area contributed by atoms with Crippen LogP contribution < -0.4 is 5.73 Å². The van der Waals surface area contributed by atoms with Crippen molar-refractivity contribution in [1.29, 1.82) is 0 Å². The van der Waals surface area contributed by atoms with E-state index in [0.717, 1.165) is 6.21 Å². The summed E-state index contributed by atoms with van der Waals surface area (Å²) in [6, 6.07) is 0. The highest BCUT2D eigenvalue weighted by Crippen LogP contribution is 2.03. The van der Waals surface area contributed by atoms with Gasteiger partial charge in [0, 0.05) is 6.21 Å². The quantitative estimate of drug-likeness (QED) is 0.456. The van der Waals surface area contributed by atoms with E-state index >= 15 is 0 Å². The number of nitrogens with two attached hydrogens (primary N) is 1. The molecule has 0 aliphatic carbocycles. The van der Waals surface area contributed by atoms with Gasteiger partial charge in [0.2, 0.25) is 0 Å². The van der Waals surface area contributed by atoms with E-state index in [1.54, 1.807) is 0 Å². The molecule has 54 valence electrons. The molecule has 1 aliphatic heterocycles. The average Bonchev–Trinajstić information content (AvgIpc) is 1.89. The van der Waals surface area contributed by atoms with E-state index in [1.165, 1.54) is 6.34 Å². The van der Waals surface area contributed by atoms with Crippen LogP contribution in [0.3, 0.4) is 0 Å². The summed E-state index contributed by atoms with van der Waals surface area (Å²) in [6.45, 7) is -0.0359. The Morgan fingerprint density at radius 1 is 1.80 bits per heavy atom. The van der Waals surface area contributed by atoms with E-state index in [-0.39, 0.29) is 6.54 Å². The van der Waals surface area contributed by atoms with Crippen LogP contribution in [0.1, 0.15) is 0 Å². The zero-order valence-corrected chi connectivity index (χ0v) is 5.19. The molecule has 1 amide bonds. The summed E-state index contributed by atoms with van der Waals surface area (Å²) in [6.07, 6.45) is 2.35. The Kier molecular flexibility index (Phi) is 1.50. The molecule has 5 heteroatoms. The van der Waals surface area contributed by atoms with Gasteiger partial charge in [-0.1, -0.05) is 0 Å². The molecule has 0 fully saturated rings. The maximum atomic E-state index is 10.5. The summed E-state index contributed by atoms with van der Waals surface area (Å²) in [7, 11) is 0. The monoisotopic (exact) mass is 141 g/mol. The zero-order valence-electron chi connectivity index (χ0n) is 5.19. The number of hydrogen-bond acceptors (Lipinski definition) is 4. The number of carbonyl (C=O) groups excluding carboxylic acids is 1. The van der Waals surface area contributed by atoms with Crippen LogP contribution >= 0.6 is 0 Å². The molecule has 0 aromatic rings. The minimum absolute atomic E-state index is 0.0359. The molecular weight excluding hydrogens is 134 g/mol. The molecule has 1 atom stereocenters. The molecule has 0 aromatic carbocycles. The lowest BCUT2D eigenvalue weighted by Crippen LogP contribution is -2.49. The van der Waals surface area contributed by atoms with Gasteiger partial charge in [-0.2, -0.15) is 0 Å². The van der Waals surface area contributed by atoms with E-state index in [9.17, 15) is 9.90 Å². The first-order valence-corrected chi connectivity index (χ1v) is 2.70. The van der Waals surface area contributed by atoms with Crippen molar-refractivity contribution >= 4 is 18.5 Å². The highest BCUT2D eigenvalue weighted by Gasteiger charge is 2.32. The van der Waals surface area contributed by atoms with E-state index in [0.29, 0.717) is 0 Å². The Labute approximate surface area is 57.3 Å². The van der Waals surface area contributed by atoms with Crippen LogP contribution in [0.4, 0.5) is 0 Å². The minimum atomic E-state index is -1.67. The fourth-order valence-corrected chi connectivity index (χ4v) is 0.566. The number of carbonyl (C=O) groups is 1. The highest BCUT2D eigenvalue weighted by atomic mass is 16.3. The van der Waals surface area contributed by atoms with Crippen LogP contribution in [0.25, 0.3) is 0 Å². The van der Waals surface area contributed by atoms with Gasteiger partial charge in [0.15, 0.2) is 5.60 Å². The molecule has 0 aromatic heterocycles. The van der Waals surface area contributed by atoms with Crippen molar-refractivity contribution in [3.05, 3.63) is 0 Å². The van der Waals surface area contributed by atoms with Crippen molar-refractivity contribution in [2.75, 3.05) is 6.54 Å². The molecule has 1 heterocycles. The molecule has 0 bridgehead atoms. The Balaban J connectivity index is 2.80. The second kappa shape index (κ2) is 2.18. The Morgan fingerprint density at radius 2 is 2.50 bits per heavy atom. The largest absolute Gasteiger partial charge is 0.373 e. The van der Waals surface area contributed by atoms with E-state index in [4.69, 9.17) is 5.73 Å². The summed E-state index contributed by atoms with van der Waals surface area (Å²) < 4.78 is 0. The predicted molar refractivity (Wildman–Crippen MR) is 36.0 cm³/mol. The molecule has 3 N–H and O–H groups in total. The lowest BCUT2D eigenvalue weighted by molar-refractivity contribution is -0.129. The standard InChI is InChI=1S/C5H7N3O2/c6-4(9)5(10)1-7-3-8-2-5/h1,3,10H,2H2,(H2,6,9). The smallest absolute Gasteiger partial charge is 0.257 e. The minimum Gasteiger partial charge on any atom is -0.373 e. The number of amides is 1. The maximum Gasteiger partial charge on any atom is 0.257 e. The topological polar surface area (TPSA) is 88.0 Å². The molecule has 0 radical (unpaired) electrons. The van der Waals surface area contributed by atoms with Gasteiger partial charge in [0.1, 0.15) is 6.34 Å². The highest BCUT2D eigenvalue weighted by molar-refractivity contribution is 6.03. The van der Waals surface area contributed by atoms with Crippen LogP contribution in [0.5, 0.6) is 0 Å². The number of hydrogen-bond donors (Lipinski definition) is 2. The first kappa shape index (κ1) is 6.88. The lowest BCUT2D eigenvalue weighted by Gasteiger charge is -2.18. The fraction of sp³-hybridized carbons (Fsp3) is 0.400. The summed E-state index contributed by atoms with van der Waals surface area (Å²) >= 11 is 0. The van der Waals surface area contributed by atoms with Crippen LogP contribution in [-0.2, 0) is 4.79 Å². The van der Waals surface area contributed by atoms with E-state index < -0.39 is 11.5 Å². The average molecular weight is 141 g/mol. The summed E-state index contributed by atoms with van der Waals surface area (Å²) in [5.41, 5.74) is 3.18. The maximum absolute atomic E-state index is 10.5. The van der Waals surface area contributed by atoms with Crippen LogP contribution in [0, 0.1) is 0 Å². The SMILES string of the molecule is NC(=O)C1(O)C=NC=NC1. The van der Waals surface area contributed by atoms with E-state index in [1.807, 2.05) is 0 Å². The third-order valence-electron chi connectivity index (χ3n) is 1.20. The molecule has 1 aliphatic rings. The second-order valence-electron chi connectivity index (χ2n) is 2.02. The molecule has 0 saturated heterocycles.